The zero-order valence-electron chi connectivity index (χ0n) is 9.28. The molecule has 3 unspecified atom stereocenters. The minimum atomic E-state index is -0.671. The summed E-state index contributed by atoms with van der Waals surface area (Å²) in [7, 11) is 0. The summed E-state index contributed by atoms with van der Waals surface area (Å²) in [5, 5.41) is 12.7. The topological polar surface area (TPSA) is 52.6 Å². The molecule has 0 spiro atoms. The highest BCUT2D eigenvalue weighted by Crippen LogP contribution is 2.22. The molecule has 15 heavy (non-hydrogen) atoms. The summed E-state index contributed by atoms with van der Waals surface area (Å²) in [6, 6.07) is 0.864. The Morgan fingerprint density at radius 2 is 2.20 bits per heavy atom. The van der Waals surface area contributed by atoms with Gasteiger partial charge in [-0.1, -0.05) is 6.92 Å². The lowest BCUT2D eigenvalue weighted by Gasteiger charge is -2.29. The van der Waals surface area contributed by atoms with Crippen LogP contribution in [0, 0.1) is 0 Å². The summed E-state index contributed by atoms with van der Waals surface area (Å²) in [4.78, 5) is 13.2. The smallest absolute Gasteiger partial charge is 0.320 e. The van der Waals surface area contributed by atoms with Crippen molar-refractivity contribution in [3.63, 3.8) is 0 Å². The average molecular weight is 212 g/mol. The van der Waals surface area contributed by atoms with Crippen LogP contribution in [-0.2, 0) is 4.79 Å². The lowest BCUT2D eigenvalue weighted by molar-refractivity contribution is -0.143. The van der Waals surface area contributed by atoms with Gasteiger partial charge in [0.2, 0.25) is 0 Å². The number of hydrogen-bond donors (Lipinski definition) is 2. The Kier molecular flexibility index (Phi) is 3.26. The standard InChI is InChI=1S/C11H20N2O2/c1-2-10(11(14)15)13-6-5-8-3-4-9(7-13)12-8/h8-10,12H,2-7H2,1H3,(H,14,15). The van der Waals surface area contributed by atoms with Crippen LogP contribution in [0.4, 0.5) is 0 Å². The molecule has 4 heteroatoms. The van der Waals surface area contributed by atoms with Gasteiger partial charge >= 0.3 is 5.97 Å². The number of likely N-dealkylation sites (tertiary alicyclic amines) is 1. The number of aliphatic carboxylic acids is 1. The number of rotatable bonds is 3. The van der Waals surface area contributed by atoms with Crippen LogP contribution in [0.25, 0.3) is 0 Å². The molecule has 0 radical (unpaired) electrons. The van der Waals surface area contributed by atoms with Gasteiger partial charge in [0.15, 0.2) is 0 Å². The first-order valence-electron chi connectivity index (χ1n) is 5.93. The third kappa shape index (κ3) is 2.32. The Bertz CT molecular complexity index is 245. The molecule has 0 aromatic heterocycles. The van der Waals surface area contributed by atoms with Gasteiger partial charge in [-0.2, -0.15) is 0 Å². The largest absolute Gasteiger partial charge is 0.480 e. The van der Waals surface area contributed by atoms with Crippen LogP contribution < -0.4 is 5.32 Å². The third-order valence-electron chi connectivity index (χ3n) is 3.67. The molecule has 0 aromatic rings. The summed E-state index contributed by atoms with van der Waals surface area (Å²) in [5.74, 6) is -0.671. The molecule has 86 valence electrons. The molecule has 2 rings (SSSR count). The Morgan fingerprint density at radius 1 is 1.47 bits per heavy atom. The maximum absolute atomic E-state index is 11.1. The van der Waals surface area contributed by atoms with Crippen molar-refractivity contribution in [3.8, 4) is 0 Å². The zero-order valence-corrected chi connectivity index (χ0v) is 9.28. The molecule has 2 heterocycles. The summed E-state index contributed by atoms with van der Waals surface area (Å²) < 4.78 is 0. The van der Waals surface area contributed by atoms with E-state index in [1.807, 2.05) is 6.92 Å². The van der Waals surface area contributed by atoms with Crippen LogP contribution in [0.15, 0.2) is 0 Å². The van der Waals surface area contributed by atoms with E-state index in [1.165, 1.54) is 12.8 Å². The summed E-state index contributed by atoms with van der Waals surface area (Å²) >= 11 is 0. The van der Waals surface area contributed by atoms with Crippen LogP contribution in [0.1, 0.15) is 32.6 Å². The molecular formula is C11H20N2O2. The van der Waals surface area contributed by atoms with Crippen LogP contribution in [0.2, 0.25) is 0 Å². The van der Waals surface area contributed by atoms with Crippen molar-refractivity contribution in [3.05, 3.63) is 0 Å². The average Bonchev–Trinajstić information content (AvgIpc) is 2.50. The lowest BCUT2D eigenvalue weighted by Crippen LogP contribution is -2.45. The second kappa shape index (κ2) is 4.49. The van der Waals surface area contributed by atoms with Gasteiger partial charge in [-0.05, 0) is 25.7 Å². The Labute approximate surface area is 90.6 Å². The van der Waals surface area contributed by atoms with Gasteiger partial charge in [0.1, 0.15) is 6.04 Å². The number of nitrogens with zero attached hydrogens (tertiary/aromatic N) is 1. The van der Waals surface area contributed by atoms with Crippen molar-refractivity contribution in [2.24, 2.45) is 0 Å². The predicted molar refractivity (Wildman–Crippen MR) is 57.9 cm³/mol. The minimum absolute atomic E-state index is 0.286. The first kappa shape index (κ1) is 10.9. The number of carboxylic acids is 1. The van der Waals surface area contributed by atoms with E-state index < -0.39 is 5.97 Å². The fraction of sp³-hybridized carbons (Fsp3) is 0.909. The molecule has 0 aliphatic carbocycles. The van der Waals surface area contributed by atoms with E-state index in [0.717, 1.165) is 19.5 Å². The highest BCUT2D eigenvalue weighted by Gasteiger charge is 2.33. The number of fused-ring (bicyclic) bond motifs is 2. The second-order valence-corrected chi connectivity index (χ2v) is 4.68. The lowest BCUT2D eigenvalue weighted by atomic mass is 10.1. The maximum Gasteiger partial charge on any atom is 0.320 e. The summed E-state index contributed by atoms with van der Waals surface area (Å²) in [5.41, 5.74) is 0. The molecule has 3 atom stereocenters. The fourth-order valence-electron chi connectivity index (χ4n) is 2.84. The van der Waals surface area contributed by atoms with Gasteiger partial charge in [-0.15, -0.1) is 0 Å². The second-order valence-electron chi connectivity index (χ2n) is 4.68. The van der Waals surface area contributed by atoms with Crippen molar-refractivity contribution >= 4 is 5.97 Å². The van der Waals surface area contributed by atoms with E-state index in [1.54, 1.807) is 0 Å². The van der Waals surface area contributed by atoms with Crippen molar-refractivity contribution in [2.45, 2.75) is 50.7 Å². The normalized spacial score (nSPS) is 33.7. The molecule has 2 N–H and O–H groups in total. The molecule has 2 bridgehead atoms. The monoisotopic (exact) mass is 212 g/mol. The highest BCUT2D eigenvalue weighted by molar-refractivity contribution is 5.73. The zero-order chi connectivity index (χ0) is 10.8. The van der Waals surface area contributed by atoms with Gasteiger partial charge in [0.05, 0.1) is 0 Å². The van der Waals surface area contributed by atoms with E-state index in [4.69, 9.17) is 5.11 Å². The third-order valence-corrected chi connectivity index (χ3v) is 3.67. The van der Waals surface area contributed by atoms with Crippen molar-refractivity contribution < 1.29 is 9.90 Å². The van der Waals surface area contributed by atoms with E-state index in [2.05, 4.69) is 10.2 Å². The number of nitrogens with one attached hydrogen (secondary N) is 1. The van der Waals surface area contributed by atoms with Crippen molar-refractivity contribution in [2.75, 3.05) is 13.1 Å². The Morgan fingerprint density at radius 3 is 2.87 bits per heavy atom. The van der Waals surface area contributed by atoms with Crippen LogP contribution >= 0.6 is 0 Å². The van der Waals surface area contributed by atoms with E-state index in [9.17, 15) is 4.79 Å². The fourth-order valence-corrected chi connectivity index (χ4v) is 2.84. The van der Waals surface area contributed by atoms with Crippen LogP contribution in [0.5, 0.6) is 0 Å². The molecule has 2 saturated heterocycles. The van der Waals surface area contributed by atoms with Crippen molar-refractivity contribution in [1.29, 1.82) is 0 Å². The molecule has 2 fully saturated rings. The van der Waals surface area contributed by atoms with Gasteiger partial charge in [0.25, 0.3) is 0 Å². The molecule has 0 aromatic carbocycles. The molecule has 2 aliphatic rings. The van der Waals surface area contributed by atoms with Gasteiger partial charge in [0, 0.05) is 25.2 Å². The van der Waals surface area contributed by atoms with E-state index in [0.29, 0.717) is 18.5 Å². The van der Waals surface area contributed by atoms with Crippen LogP contribution in [-0.4, -0.2) is 47.2 Å². The molecule has 0 saturated carbocycles. The maximum atomic E-state index is 11.1. The predicted octanol–water partition coefficient (Wildman–Crippen LogP) is 0.676. The van der Waals surface area contributed by atoms with Gasteiger partial charge in [-0.3, -0.25) is 9.69 Å². The summed E-state index contributed by atoms with van der Waals surface area (Å²) in [6.45, 7) is 3.79. The first-order valence-corrected chi connectivity index (χ1v) is 5.93. The molecule has 0 amide bonds. The van der Waals surface area contributed by atoms with Gasteiger partial charge in [-0.25, -0.2) is 0 Å². The number of hydrogen-bond acceptors (Lipinski definition) is 3. The first-order chi connectivity index (χ1) is 7.20. The van der Waals surface area contributed by atoms with E-state index >= 15 is 0 Å². The SMILES string of the molecule is CCC(C(=O)O)N1CCC2CCC(C1)N2. The van der Waals surface area contributed by atoms with E-state index in [-0.39, 0.29) is 6.04 Å². The number of carboxylic acid groups (broad SMARTS) is 1. The highest BCUT2D eigenvalue weighted by atomic mass is 16.4. The Hall–Kier alpha value is -0.610. The molecule has 2 aliphatic heterocycles. The van der Waals surface area contributed by atoms with Gasteiger partial charge < -0.3 is 10.4 Å². The summed E-state index contributed by atoms with van der Waals surface area (Å²) in [6.07, 6.45) is 4.27. The van der Waals surface area contributed by atoms with Crippen LogP contribution in [0.3, 0.4) is 0 Å². The Balaban J connectivity index is 2.00. The minimum Gasteiger partial charge on any atom is -0.480 e. The molecular weight excluding hydrogens is 192 g/mol. The molecule has 4 nitrogen and oxygen atoms in total. The quantitative estimate of drug-likeness (QED) is 0.722. The number of carbonyl (C=O) groups is 1. The van der Waals surface area contributed by atoms with Crippen molar-refractivity contribution in [1.82, 2.24) is 10.2 Å².